The van der Waals surface area contributed by atoms with Gasteiger partial charge in [0.05, 0.1) is 0 Å². The molecule has 1 heterocycles. The first-order valence-corrected chi connectivity index (χ1v) is 8.19. The number of halogens is 1. The maximum atomic E-state index is 11.7. The van der Waals surface area contributed by atoms with Crippen LogP contribution in [-0.4, -0.2) is 15.8 Å². The van der Waals surface area contributed by atoms with E-state index in [2.05, 4.69) is 25.9 Å². The van der Waals surface area contributed by atoms with E-state index in [1.807, 2.05) is 19.1 Å². The van der Waals surface area contributed by atoms with E-state index >= 15 is 0 Å². The number of carbonyl (C=O) groups excluding carboxylic acids is 1. The van der Waals surface area contributed by atoms with Crippen LogP contribution in [0.25, 0.3) is 0 Å². The number of aromatic amines is 1. The molecule has 0 saturated carbocycles. The van der Waals surface area contributed by atoms with Crippen LogP contribution in [0, 0.1) is 0 Å². The minimum atomic E-state index is -0.169. The third kappa shape index (κ3) is 4.28. The first kappa shape index (κ1) is 16.0. The molecular formula is C15H15BrN2O2S. The summed E-state index contributed by atoms with van der Waals surface area (Å²) in [5.41, 5.74) is 1.21. The lowest BCUT2D eigenvalue weighted by Crippen LogP contribution is -2.10. The average molecular weight is 367 g/mol. The molecule has 0 aliphatic heterocycles. The lowest BCUT2D eigenvalue weighted by atomic mass is 10.1. The number of hydrogen-bond acceptors (Lipinski definition) is 4. The van der Waals surface area contributed by atoms with E-state index in [0.717, 1.165) is 27.9 Å². The zero-order valence-corrected chi connectivity index (χ0v) is 14.2. The van der Waals surface area contributed by atoms with Crippen LogP contribution in [0.15, 0.2) is 43.6 Å². The fourth-order valence-corrected chi connectivity index (χ4v) is 3.22. The normalized spacial score (nSPS) is 10.6. The second-order valence-electron chi connectivity index (χ2n) is 4.59. The van der Waals surface area contributed by atoms with Gasteiger partial charge in [-0.25, -0.2) is 4.98 Å². The molecule has 0 fully saturated rings. The smallest absolute Gasteiger partial charge is 0.251 e. The maximum absolute atomic E-state index is 11.7. The highest BCUT2D eigenvalue weighted by Crippen LogP contribution is 2.30. The van der Waals surface area contributed by atoms with Gasteiger partial charge in [-0.05, 0) is 31.5 Å². The Kier molecular flexibility index (Phi) is 5.36. The van der Waals surface area contributed by atoms with E-state index in [0.29, 0.717) is 10.7 Å². The summed E-state index contributed by atoms with van der Waals surface area (Å²) >= 11 is 4.66. The molecule has 0 saturated heterocycles. The Morgan fingerprint density at radius 3 is 2.81 bits per heavy atom. The number of H-pyrrole nitrogens is 1. The van der Waals surface area contributed by atoms with E-state index in [4.69, 9.17) is 0 Å². The van der Waals surface area contributed by atoms with Crippen molar-refractivity contribution < 1.29 is 4.79 Å². The molecular weight excluding hydrogens is 352 g/mol. The van der Waals surface area contributed by atoms with Gasteiger partial charge in [-0.3, -0.25) is 9.59 Å². The van der Waals surface area contributed by atoms with Gasteiger partial charge in [0.1, 0.15) is 0 Å². The minimum absolute atomic E-state index is 0.0224. The SMILES string of the molecule is CCCc1cc(=O)[nH]c(Sc2ccc(Br)cc2C(C)=O)n1. The Balaban J connectivity index is 2.38. The third-order valence-corrected chi connectivity index (χ3v) is 4.26. The van der Waals surface area contributed by atoms with Gasteiger partial charge in [-0.2, -0.15) is 0 Å². The number of aryl methyl sites for hydroxylation is 1. The lowest BCUT2D eigenvalue weighted by molar-refractivity contribution is 0.101. The van der Waals surface area contributed by atoms with Crippen LogP contribution in [0.3, 0.4) is 0 Å². The Hall–Kier alpha value is -1.40. The Morgan fingerprint density at radius 2 is 2.14 bits per heavy atom. The Morgan fingerprint density at radius 1 is 1.38 bits per heavy atom. The van der Waals surface area contributed by atoms with Gasteiger partial charge >= 0.3 is 0 Å². The van der Waals surface area contributed by atoms with Gasteiger partial charge < -0.3 is 4.98 Å². The summed E-state index contributed by atoms with van der Waals surface area (Å²) < 4.78 is 0.846. The van der Waals surface area contributed by atoms with Crippen molar-refractivity contribution in [1.82, 2.24) is 9.97 Å². The number of nitrogens with zero attached hydrogens (tertiary/aromatic N) is 1. The zero-order valence-electron chi connectivity index (χ0n) is 11.8. The van der Waals surface area contributed by atoms with Crippen molar-refractivity contribution >= 4 is 33.5 Å². The standard InChI is InChI=1S/C15H15BrN2O2S/c1-3-4-11-8-14(20)18-15(17-11)21-13-6-5-10(16)7-12(13)9(2)19/h5-8H,3-4H2,1-2H3,(H,17,18,20). The van der Waals surface area contributed by atoms with Crippen LogP contribution in [-0.2, 0) is 6.42 Å². The predicted octanol–water partition coefficient (Wildman–Crippen LogP) is 3.84. The highest BCUT2D eigenvalue weighted by atomic mass is 79.9. The number of Topliss-reactive ketones (excluding diaryl/α,β-unsaturated/α-hetero) is 1. The number of benzene rings is 1. The predicted molar refractivity (Wildman–Crippen MR) is 87.1 cm³/mol. The molecule has 2 rings (SSSR count). The van der Waals surface area contributed by atoms with Crippen molar-refractivity contribution in [2.45, 2.75) is 36.7 Å². The molecule has 1 aromatic heterocycles. The lowest BCUT2D eigenvalue weighted by Gasteiger charge is -2.07. The van der Waals surface area contributed by atoms with Crippen molar-refractivity contribution in [2.24, 2.45) is 0 Å². The van der Waals surface area contributed by atoms with E-state index < -0.39 is 0 Å². The molecule has 6 heteroatoms. The van der Waals surface area contributed by atoms with Crippen molar-refractivity contribution in [2.75, 3.05) is 0 Å². The maximum Gasteiger partial charge on any atom is 0.251 e. The third-order valence-electron chi connectivity index (χ3n) is 2.81. The molecule has 4 nitrogen and oxygen atoms in total. The number of aromatic nitrogens is 2. The van der Waals surface area contributed by atoms with E-state index in [1.165, 1.54) is 24.8 Å². The largest absolute Gasteiger partial charge is 0.301 e. The molecule has 0 radical (unpaired) electrons. The molecule has 21 heavy (non-hydrogen) atoms. The number of rotatable bonds is 5. The molecule has 0 aliphatic carbocycles. The van der Waals surface area contributed by atoms with Crippen LogP contribution in [0.2, 0.25) is 0 Å². The van der Waals surface area contributed by atoms with Crippen LogP contribution in [0.5, 0.6) is 0 Å². The van der Waals surface area contributed by atoms with Crippen LogP contribution in [0.4, 0.5) is 0 Å². The molecule has 110 valence electrons. The molecule has 1 aromatic carbocycles. The molecule has 1 N–H and O–H groups in total. The van der Waals surface area contributed by atoms with Crippen molar-refractivity contribution in [1.29, 1.82) is 0 Å². The molecule has 2 aromatic rings. The fourth-order valence-electron chi connectivity index (χ4n) is 1.89. The highest BCUT2D eigenvalue weighted by molar-refractivity contribution is 9.10. The average Bonchev–Trinajstić information content (AvgIpc) is 2.40. The van der Waals surface area contributed by atoms with Crippen LogP contribution < -0.4 is 5.56 Å². The summed E-state index contributed by atoms with van der Waals surface area (Å²) in [6.07, 6.45) is 1.69. The fraction of sp³-hybridized carbons (Fsp3) is 0.267. The molecule has 0 aliphatic rings. The van der Waals surface area contributed by atoms with Gasteiger partial charge in [-0.1, -0.05) is 41.0 Å². The second-order valence-corrected chi connectivity index (χ2v) is 6.54. The first-order valence-electron chi connectivity index (χ1n) is 6.58. The zero-order chi connectivity index (χ0) is 15.4. The van der Waals surface area contributed by atoms with E-state index in [9.17, 15) is 9.59 Å². The van der Waals surface area contributed by atoms with E-state index in [-0.39, 0.29) is 11.3 Å². The van der Waals surface area contributed by atoms with Gasteiger partial charge in [0.15, 0.2) is 10.9 Å². The summed E-state index contributed by atoms with van der Waals surface area (Å²) in [5, 5.41) is 0.510. The summed E-state index contributed by atoms with van der Waals surface area (Å²) in [6, 6.07) is 7.00. The Labute approximate surface area is 135 Å². The quantitative estimate of drug-likeness (QED) is 0.644. The minimum Gasteiger partial charge on any atom is -0.301 e. The topological polar surface area (TPSA) is 62.8 Å². The molecule has 0 bridgehead atoms. The summed E-state index contributed by atoms with van der Waals surface area (Å²) in [5.74, 6) is -0.0224. The highest BCUT2D eigenvalue weighted by Gasteiger charge is 2.11. The monoisotopic (exact) mass is 366 g/mol. The second kappa shape index (κ2) is 7.04. The van der Waals surface area contributed by atoms with Crippen molar-refractivity contribution in [3.05, 3.63) is 50.3 Å². The first-order chi connectivity index (χ1) is 9.99. The summed E-state index contributed by atoms with van der Waals surface area (Å²) in [6.45, 7) is 3.56. The van der Waals surface area contributed by atoms with Gasteiger partial charge in [0.2, 0.25) is 0 Å². The van der Waals surface area contributed by atoms with Gasteiger partial charge in [-0.15, -0.1) is 0 Å². The number of hydrogen-bond donors (Lipinski definition) is 1. The van der Waals surface area contributed by atoms with Crippen molar-refractivity contribution in [3.8, 4) is 0 Å². The van der Waals surface area contributed by atoms with Crippen molar-refractivity contribution in [3.63, 3.8) is 0 Å². The van der Waals surface area contributed by atoms with E-state index in [1.54, 1.807) is 6.07 Å². The summed E-state index contributed by atoms with van der Waals surface area (Å²) in [4.78, 5) is 31.3. The van der Waals surface area contributed by atoms with Crippen LogP contribution >= 0.6 is 27.7 Å². The van der Waals surface area contributed by atoms with Crippen LogP contribution in [0.1, 0.15) is 36.3 Å². The molecule has 0 spiro atoms. The number of nitrogens with one attached hydrogen (secondary N) is 1. The van der Waals surface area contributed by atoms with Gasteiger partial charge in [0.25, 0.3) is 5.56 Å². The number of ketones is 1. The Bertz CT molecular complexity index is 728. The summed E-state index contributed by atoms with van der Waals surface area (Å²) in [7, 11) is 0. The molecule has 0 amide bonds. The van der Waals surface area contributed by atoms with Gasteiger partial charge in [0, 0.05) is 26.7 Å². The number of carbonyl (C=O) groups is 1. The molecule has 0 atom stereocenters. The molecule has 0 unspecified atom stereocenters.